The average Bonchev–Trinajstić information content (AvgIpc) is 2.52. The summed E-state index contributed by atoms with van der Waals surface area (Å²) >= 11 is 0. The van der Waals surface area contributed by atoms with Gasteiger partial charge < -0.3 is 10.4 Å². The number of nitrogens with one attached hydrogen (secondary N) is 1. The number of carboxylic acids is 1. The lowest BCUT2D eigenvalue weighted by molar-refractivity contribution is -0.137. The van der Waals surface area contributed by atoms with Crippen molar-refractivity contribution in [1.82, 2.24) is 5.32 Å². The van der Waals surface area contributed by atoms with Gasteiger partial charge in [-0.2, -0.15) is 0 Å². The molecule has 1 aromatic rings. The molecule has 0 bridgehead atoms. The smallest absolute Gasteiger partial charge is 0.303 e. The first kappa shape index (κ1) is 17.0. The number of hydrogen-bond donors (Lipinski definition) is 2. The maximum atomic E-state index is 10.9. The highest BCUT2D eigenvalue weighted by atomic mass is 16.4. The van der Waals surface area contributed by atoms with Crippen LogP contribution in [0, 0.1) is 11.8 Å². The van der Waals surface area contributed by atoms with Crippen LogP contribution in [0.25, 0.3) is 0 Å². The van der Waals surface area contributed by atoms with Gasteiger partial charge in [0.15, 0.2) is 0 Å². The summed E-state index contributed by atoms with van der Waals surface area (Å²) in [5.41, 5.74) is 1.28. The molecule has 0 radical (unpaired) electrons. The normalized spacial score (nSPS) is 23.1. The first-order chi connectivity index (χ1) is 10.6. The fourth-order valence-corrected chi connectivity index (χ4v) is 3.49. The molecule has 0 heterocycles. The zero-order valence-electron chi connectivity index (χ0n) is 13.6. The molecule has 1 aliphatic carbocycles. The van der Waals surface area contributed by atoms with Crippen molar-refractivity contribution in [1.29, 1.82) is 0 Å². The summed E-state index contributed by atoms with van der Waals surface area (Å²) in [5, 5.41) is 12.6. The topological polar surface area (TPSA) is 49.3 Å². The highest BCUT2D eigenvalue weighted by molar-refractivity contribution is 5.66. The second kappa shape index (κ2) is 8.94. The second-order valence-electron chi connectivity index (χ2n) is 6.75. The Morgan fingerprint density at radius 1 is 1.27 bits per heavy atom. The van der Waals surface area contributed by atoms with Crippen molar-refractivity contribution in [2.75, 3.05) is 6.54 Å². The van der Waals surface area contributed by atoms with Crippen LogP contribution >= 0.6 is 0 Å². The van der Waals surface area contributed by atoms with E-state index in [-0.39, 0.29) is 12.5 Å². The maximum Gasteiger partial charge on any atom is 0.303 e. The number of hydrogen-bond acceptors (Lipinski definition) is 2. The Morgan fingerprint density at radius 2 is 2.00 bits per heavy atom. The van der Waals surface area contributed by atoms with E-state index >= 15 is 0 Å². The third-order valence-corrected chi connectivity index (χ3v) is 4.99. The van der Waals surface area contributed by atoms with Gasteiger partial charge in [-0.3, -0.25) is 4.79 Å². The van der Waals surface area contributed by atoms with Gasteiger partial charge in [-0.25, -0.2) is 0 Å². The molecule has 122 valence electrons. The van der Waals surface area contributed by atoms with Gasteiger partial charge in [0.25, 0.3) is 0 Å². The van der Waals surface area contributed by atoms with Crippen molar-refractivity contribution < 1.29 is 9.90 Å². The molecule has 2 N–H and O–H groups in total. The molecule has 1 aromatic carbocycles. The summed E-state index contributed by atoms with van der Waals surface area (Å²) in [5.74, 6) is 0.834. The molecule has 3 atom stereocenters. The van der Waals surface area contributed by atoms with Crippen LogP contribution in [0.3, 0.4) is 0 Å². The highest BCUT2D eigenvalue weighted by Crippen LogP contribution is 2.29. The quantitative estimate of drug-likeness (QED) is 0.766. The molecule has 0 spiro atoms. The van der Waals surface area contributed by atoms with Gasteiger partial charge in [0.1, 0.15) is 0 Å². The zero-order valence-corrected chi connectivity index (χ0v) is 13.6. The van der Waals surface area contributed by atoms with E-state index in [0.717, 1.165) is 24.8 Å². The molecule has 0 aliphatic heterocycles. The summed E-state index contributed by atoms with van der Waals surface area (Å²) < 4.78 is 0. The number of carboxylic acid groups (broad SMARTS) is 1. The van der Waals surface area contributed by atoms with E-state index in [1.165, 1.54) is 31.2 Å². The van der Waals surface area contributed by atoms with E-state index in [2.05, 4.69) is 24.4 Å². The molecule has 1 saturated carbocycles. The summed E-state index contributed by atoms with van der Waals surface area (Å²) in [6, 6.07) is 10.6. The van der Waals surface area contributed by atoms with Gasteiger partial charge in [-0.1, -0.05) is 56.5 Å². The van der Waals surface area contributed by atoms with Gasteiger partial charge in [0.2, 0.25) is 0 Å². The number of rotatable bonds is 8. The van der Waals surface area contributed by atoms with Crippen molar-refractivity contribution >= 4 is 5.97 Å². The van der Waals surface area contributed by atoms with E-state index in [0.29, 0.717) is 6.42 Å². The lowest BCUT2D eigenvalue weighted by Gasteiger charge is -2.30. The Bertz CT molecular complexity index is 446. The lowest BCUT2D eigenvalue weighted by Crippen LogP contribution is -2.38. The van der Waals surface area contributed by atoms with Crippen molar-refractivity contribution in [2.24, 2.45) is 11.8 Å². The fourth-order valence-electron chi connectivity index (χ4n) is 3.49. The van der Waals surface area contributed by atoms with Crippen LogP contribution in [0.15, 0.2) is 30.3 Å². The summed E-state index contributed by atoms with van der Waals surface area (Å²) in [7, 11) is 0. The molecule has 1 aliphatic rings. The van der Waals surface area contributed by atoms with Crippen LogP contribution in [0.1, 0.15) is 51.0 Å². The Balaban J connectivity index is 1.87. The molecule has 1 fully saturated rings. The first-order valence-electron chi connectivity index (χ1n) is 8.64. The molecule has 22 heavy (non-hydrogen) atoms. The minimum atomic E-state index is -0.703. The molecule has 2 rings (SSSR count). The molecular weight excluding hydrogens is 274 g/mol. The zero-order chi connectivity index (χ0) is 15.8. The number of carbonyl (C=O) groups is 1. The summed E-state index contributed by atoms with van der Waals surface area (Å²) in [6.45, 7) is 3.38. The van der Waals surface area contributed by atoms with Crippen LogP contribution in [-0.2, 0) is 11.2 Å². The fraction of sp³-hybridized carbons (Fsp3) is 0.632. The monoisotopic (exact) mass is 303 g/mol. The summed E-state index contributed by atoms with van der Waals surface area (Å²) in [6.07, 6.45) is 7.21. The SMILES string of the molecule is CC1CCCCC1CNC(CCC(=O)O)Cc1ccccc1. The minimum Gasteiger partial charge on any atom is -0.481 e. The van der Waals surface area contributed by atoms with Crippen molar-refractivity contribution in [3.8, 4) is 0 Å². The lowest BCUT2D eigenvalue weighted by atomic mass is 9.80. The van der Waals surface area contributed by atoms with Gasteiger partial charge in [-0.15, -0.1) is 0 Å². The number of aliphatic carboxylic acids is 1. The van der Waals surface area contributed by atoms with E-state index in [9.17, 15) is 4.79 Å². The Kier molecular flexibility index (Phi) is 6.91. The molecule has 0 aromatic heterocycles. The van der Waals surface area contributed by atoms with Gasteiger partial charge in [-0.05, 0) is 43.2 Å². The van der Waals surface area contributed by atoms with Crippen LogP contribution in [-0.4, -0.2) is 23.7 Å². The van der Waals surface area contributed by atoms with Gasteiger partial charge in [0.05, 0.1) is 0 Å². The first-order valence-corrected chi connectivity index (χ1v) is 8.64. The standard InChI is InChI=1S/C19H29NO2/c1-15-7-5-6-10-17(15)14-20-18(11-12-19(21)22)13-16-8-3-2-4-9-16/h2-4,8-9,15,17-18,20H,5-7,10-14H2,1H3,(H,21,22). The molecule has 3 heteroatoms. The predicted octanol–water partition coefficient (Wildman–Crippen LogP) is 3.88. The van der Waals surface area contributed by atoms with Crippen molar-refractivity contribution in [2.45, 2.75) is 57.9 Å². The minimum absolute atomic E-state index is 0.241. The van der Waals surface area contributed by atoms with E-state index in [4.69, 9.17) is 5.11 Å². The second-order valence-corrected chi connectivity index (χ2v) is 6.75. The predicted molar refractivity (Wildman–Crippen MR) is 89.9 cm³/mol. The molecule has 3 nitrogen and oxygen atoms in total. The van der Waals surface area contributed by atoms with Gasteiger partial charge in [0, 0.05) is 12.5 Å². The largest absolute Gasteiger partial charge is 0.481 e. The maximum absolute atomic E-state index is 10.9. The third-order valence-electron chi connectivity index (χ3n) is 4.99. The highest BCUT2D eigenvalue weighted by Gasteiger charge is 2.22. The molecule has 0 saturated heterocycles. The van der Waals surface area contributed by atoms with Crippen LogP contribution in [0.4, 0.5) is 0 Å². The Labute approximate surface area is 134 Å². The van der Waals surface area contributed by atoms with Crippen LogP contribution in [0.5, 0.6) is 0 Å². The van der Waals surface area contributed by atoms with Crippen molar-refractivity contribution in [3.63, 3.8) is 0 Å². The van der Waals surface area contributed by atoms with Crippen LogP contribution in [0.2, 0.25) is 0 Å². The molecule has 3 unspecified atom stereocenters. The van der Waals surface area contributed by atoms with Crippen molar-refractivity contribution in [3.05, 3.63) is 35.9 Å². The molecular formula is C19H29NO2. The van der Waals surface area contributed by atoms with E-state index in [1.54, 1.807) is 0 Å². The van der Waals surface area contributed by atoms with Gasteiger partial charge >= 0.3 is 5.97 Å². The Morgan fingerprint density at radius 3 is 2.68 bits per heavy atom. The molecule has 0 amide bonds. The van der Waals surface area contributed by atoms with Crippen LogP contribution < -0.4 is 5.32 Å². The van der Waals surface area contributed by atoms with E-state index in [1.807, 2.05) is 18.2 Å². The number of benzene rings is 1. The Hall–Kier alpha value is -1.35. The van der Waals surface area contributed by atoms with E-state index < -0.39 is 5.97 Å². The average molecular weight is 303 g/mol. The summed E-state index contributed by atoms with van der Waals surface area (Å²) in [4.78, 5) is 10.9. The third kappa shape index (κ3) is 5.80.